The van der Waals surface area contributed by atoms with E-state index in [1.165, 1.54) is 12.4 Å². The van der Waals surface area contributed by atoms with Crippen molar-refractivity contribution in [2.45, 2.75) is 19.8 Å². The fourth-order valence-corrected chi connectivity index (χ4v) is 1.64. The Morgan fingerprint density at radius 1 is 1.15 bits per heavy atom. The molecule has 0 aliphatic rings. The first kappa shape index (κ1) is 14.0. The minimum Gasteiger partial charge on any atom is -0.352 e. The highest BCUT2D eigenvalue weighted by Crippen LogP contribution is 2.11. The summed E-state index contributed by atoms with van der Waals surface area (Å²) in [5.41, 5.74) is 1.38. The summed E-state index contributed by atoms with van der Waals surface area (Å²) >= 11 is 0. The minimum absolute atomic E-state index is 0.135. The van der Waals surface area contributed by atoms with Crippen molar-refractivity contribution < 1.29 is 4.79 Å². The van der Waals surface area contributed by atoms with Gasteiger partial charge >= 0.3 is 0 Å². The summed E-state index contributed by atoms with van der Waals surface area (Å²) in [6, 6.07) is 9.65. The van der Waals surface area contributed by atoms with Gasteiger partial charge in [-0.15, -0.1) is 0 Å². The van der Waals surface area contributed by atoms with Gasteiger partial charge in [-0.3, -0.25) is 4.79 Å². The standard InChI is InChI=1S/C15H18N4O/c1-2-3-9-16-14(20)12-10-17-15(18-11-12)19-13-7-5-4-6-8-13/h4-8,10-11H,2-3,9H2,1H3,(H,16,20)(H,17,18,19). The van der Waals surface area contributed by atoms with E-state index < -0.39 is 0 Å². The van der Waals surface area contributed by atoms with Crippen molar-refractivity contribution >= 4 is 17.5 Å². The lowest BCUT2D eigenvalue weighted by atomic mass is 10.3. The summed E-state index contributed by atoms with van der Waals surface area (Å²) < 4.78 is 0. The van der Waals surface area contributed by atoms with Gasteiger partial charge in [-0.1, -0.05) is 31.5 Å². The molecule has 1 amide bonds. The van der Waals surface area contributed by atoms with Crippen molar-refractivity contribution in [2.24, 2.45) is 0 Å². The largest absolute Gasteiger partial charge is 0.352 e. The summed E-state index contributed by atoms with van der Waals surface area (Å²) in [5, 5.41) is 5.90. The zero-order valence-electron chi connectivity index (χ0n) is 11.5. The van der Waals surface area contributed by atoms with Crippen LogP contribution in [0.3, 0.4) is 0 Å². The van der Waals surface area contributed by atoms with Crippen molar-refractivity contribution in [1.29, 1.82) is 0 Å². The molecule has 0 aliphatic heterocycles. The first-order chi connectivity index (χ1) is 9.79. The molecule has 2 N–H and O–H groups in total. The van der Waals surface area contributed by atoms with Gasteiger partial charge in [0.25, 0.3) is 5.91 Å². The van der Waals surface area contributed by atoms with Gasteiger partial charge in [-0.2, -0.15) is 0 Å². The second kappa shape index (κ2) is 7.23. The average molecular weight is 270 g/mol. The molecule has 5 nitrogen and oxygen atoms in total. The lowest BCUT2D eigenvalue weighted by Crippen LogP contribution is -2.24. The maximum Gasteiger partial charge on any atom is 0.254 e. The molecule has 0 atom stereocenters. The number of nitrogens with zero attached hydrogens (tertiary/aromatic N) is 2. The fourth-order valence-electron chi connectivity index (χ4n) is 1.64. The Morgan fingerprint density at radius 3 is 2.50 bits per heavy atom. The topological polar surface area (TPSA) is 66.9 Å². The van der Waals surface area contributed by atoms with Crippen LogP contribution in [0.4, 0.5) is 11.6 Å². The lowest BCUT2D eigenvalue weighted by Gasteiger charge is -2.06. The molecular weight excluding hydrogens is 252 g/mol. The van der Waals surface area contributed by atoms with Crippen molar-refractivity contribution in [3.63, 3.8) is 0 Å². The van der Waals surface area contributed by atoms with Crippen LogP contribution in [0.1, 0.15) is 30.1 Å². The Labute approximate surface area is 118 Å². The van der Waals surface area contributed by atoms with Crippen LogP contribution in [0.15, 0.2) is 42.7 Å². The van der Waals surface area contributed by atoms with Crippen molar-refractivity contribution in [2.75, 3.05) is 11.9 Å². The van der Waals surface area contributed by atoms with Crippen LogP contribution < -0.4 is 10.6 Å². The highest BCUT2D eigenvalue weighted by atomic mass is 16.1. The Bertz CT molecular complexity index is 540. The monoisotopic (exact) mass is 270 g/mol. The number of carbonyl (C=O) groups excluding carboxylic acids is 1. The number of unbranched alkanes of at least 4 members (excludes halogenated alkanes) is 1. The van der Waals surface area contributed by atoms with E-state index in [4.69, 9.17) is 0 Å². The van der Waals surface area contributed by atoms with E-state index in [1.54, 1.807) is 0 Å². The van der Waals surface area contributed by atoms with Gasteiger partial charge in [0.05, 0.1) is 5.56 Å². The molecule has 2 aromatic rings. The highest BCUT2D eigenvalue weighted by Gasteiger charge is 2.06. The smallest absolute Gasteiger partial charge is 0.254 e. The number of para-hydroxylation sites is 1. The zero-order chi connectivity index (χ0) is 14.2. The first-order valence-corrected chi connectivity index (χ1v) is 6.72. The molecule has 0 radical (unpaired) electrons. The number of hydrogen-bond acceptors (Lipinski definition) is 4. The minimum atomic E-state index is -0.135. The predicted molar refractivity (Wildman–Crippen MR) is 79.0 cm³/mol. The summed E-state index contributed by atoms with van der Waals surface area (Å²) in [6.45, 7) is 2.76. The third kappa shape index (κ3) is 4.05. The van der Waals surface area contributed by atoms with E-state index >= 15 is 0 Å². The van der Waals surface area contributed by atoms with E-state index in [2.05, 4.69) is 27.5 Å². The van der Waals surface area contributed by atoms with Gasteiger partial charge in [-0.05, 0) is 18.6 Å². The molecule has 104 valence electrons. The Kier molecular flexibility index (Phi) is 5.06. The molecule has 0 fully saturated rings. The van der Waals surface area contributed by atoms with Crippen LogP contribution in [0.25, 0.3) is 0 Å². The van der Waals surface area contributed by atoms with E-state index in [-0.39, 0.29) is 5.91 Å². The maximum absolute atomic E-state index is 11.8. The lowest BCUT2D eigenvalue weighted by molar-refractivity contribution is 0.0952. The predicted octanol–water partition coefficient (Wildman–Crippen LogP) is 2.75. The van der Waals surface area contributed by atoms with Crippen LogP contribution in [-0.2, 0) is 0 Å². The molecule has 5 heteroatoms. The van der Waals surface area contributed by atoms with Gasteiger partial charge in [0.15, 0.2) is 0 Å². The molecule has 0 saturated heterocycles. The van der Waals surface area contributed by atoms with Crippen molar-refractivity contribution in [3.8, 4) is 0 Å². The Hall–Kier alpha value is -2.43. The molecule has 0 spiro atoms. The van der Waals surface area contributed by atoms with Crippen LogP contribution in [0.5, 0.6) is 0 Å². The SMILES string of the molecule is CCCCNC(=O)c1cnc(Nc2ccccc2)nc1. The third-order valence-corrected chi connectivity index (χ3v) is 2.76. The molecule has 1 aromatic heterocycles. The number of amides is 1. The fraction of sp³-hybridized carbons (Fsp3) is 0.267. The van der Waals surface area contributed by atoms with Gasteiger partial charge < -0.3 is 10.6 Å². The van der Waals surface area contributed by atoms with Crippen LogP contribution in [0, 0.1) is 0 Å². The molecule has 2 rings (SSSR count). The number of aromatic nitrogens is 2. The molecule has 0 unspecified atom stereocenters. The molecule has 1 aromatic carbocycles. The summed E-state index contributed by atoms with van der Waals surface area (Å²) in [7, 11) is 0. The molecule has 20 heavy (non-hydrogen) atoms. The van der Waals surface area contributed by atoms with E-state index in [9.17, 15) is 4.79 Å². The summed E-state index contributed by atoms with van der Waals surface area (Å²) in [5.74, 6) is 0.339. The number of rotatable bonds is 6. The summed E-state index contributed by atoms with van der Waals surface area (Å²) in [6.07, 6.45) is 5.08. The second-order valence-corrected chi connectivity index (χ2v) is 4.40. The third-order valence-electron chi connectivity index (χ3n) is 2.76. The number of carbonyl (C=O) groups is 1. The van der Waals surface area contributed by atoms with Crippen LogP contribution in [0.2, 0.25) is 0 Å². The van der Waals surface area contributed by atoms with Crippen LogP contribution in [-0.4, -0.2) is 22.4 Å². The molecule has 0 bridgehead atoms. The Balaban J connectivity index is 1.94. The molecule has 0 aliphatic carbocycles. The number of benzene rings is 1. The average Bonchev–Trinajstić information content (AvgIpc) is 2.49. The number of hydrogen-bond donors (Lipinski definition) is 2. The highest BCUT2D eigenvalue weighted by molar-refractivity contribution is 5.93. The summed E-state index contributed by atoms with van der Waals surface area (Å²) in [4.78, 5) is 20.1. The van der Waals surface area contributed by atoms with Gasteiger partial charge in [0.2, 0.25) is 5.95 Å². The quantitative estimate of drug-likeness (QED) is 0.792. The van der Waals surface area contributed by atoms with Gasteiger partial charge in [0, 0.05) is 24.6 Å². The first-order valence-electron chi connectivity index (χ1n) is 6.72. The van der Waals surface area contributed by atoms with Gasteiger partial charge in [0.1, 0.15) is 0 Å². The molecule has 0 saturated carbocycles. The Morgan fingerprint density at radius 2 is 1.85 bits per heavy atom. The van der Waals surface area contributed by atoms with Crippen LogP contribution >= 0.6 is 0 Å². The number of anilines is 2. The van der Waals surface area contributed by atoms with Crippen molar-refractivity contribution in [1.82, 2.24) is 15.3 Å². The van der Waals surface area contributed by atoms with Crippen molar-refractivity contribution in [3.05, 3.63) is 48.3 Å². The second-order valence-electron chi connectivity index (χ2n) is 4.40. The normalized spacial score (nSPS) is 10.1. The zero-order valence-corrected chi connectivity index (χ0v) is 11.5. The van der Waals surface area contributed by atoms with E-state index in [1.807, 2.05) is 30.3 Å². The number of nitrogens with one attached hydrogen (secondary N) is 2. The van der Waals surface area contributed by atoms with E-state index in [0.717, 1.165) is 18.5 Å². The molecular formula is C15H18N4O. The van der Waals surface area contributed by atoms with E-state index in [0.29, 0.717) is 18.1 Å². The maximum atomic E-state index is 11.8. The van der Waals surface area contributed by atoms with Gasteiger partial charge in [-0.25, -0.2) is 9.97 Å². The molecule has 1 heterocycles.